The van der Waals surface area contributed by atoms with Gasteiger partial charge in [-0.3, -0.25) is 9.78 Å². The van der Waals surface area contributed by atoms with Gasteiger partial charge in [-0.1, -0.05) is 30.3 Å². The van der Waals surface area contributed by atoms with Crippen molar-refractivity contribution in [3.63, 3.8) is 0 Å². The third kappa shape index (κ3) is 4.04. The number of amides is 1. The van der Waals surface area contributed by atoms with E-state index < -0.39 is 0 Å². The summed E-state index contributed by atoms with van der Waals surface area (Å²) in [5.74, 6) is 0.383. The van der Waals surface area contributed by atoms with E-state index in [0.29, 0.717) is 11.6 Å². The molecule has 4 rings (SSSR count). The van der Waals surface area contributed by atoms with Gasteiger partial charge in [-0.2, -0.15) is 0 Å². The molecule has 0 aliphatic carbocycles. The third-order valence-electron chi connectivity index (χ3n) is 5.42. The summed E-state index contributed by atoms with van der Waals surface area (Å²) in [6.45, 7) is 5.23. The number of para-hydroxylation sites is 1. The van der Waals surface area contributed by atoms with Crippen molar-refractivity contribution in [1.29, 1.82) is 0 Å². The maximum Gasteiger partial charge on any atom is 0.272 e. The van der Waals surface area contributed by atoms with Gasteiger partial charge in [0.1, 0.15) is 5.69 Å². The maximum atomic E-state index is 13.1. The zero-order valence-corrected chi connectivity index (χ0v) is 16.5. The Hall–Kier alpha value is -2.79. The molecule has 0 saturated carbocycles. The minimum atomic E-state index is 0.0278. The number of hydrogen-bond donors (Lipinski definition) is 0. The molecule has 1 aromatic carbocycles. The van der Waals surface area contributed by atoms with Crippen LogP contribution in [0.3, 0.4) is 0 Å². The molecule has 5 heteroatoms. The number of aromatic nitrogens is 2. The molecule has 0 radical (unpaired) electrons. The van der Waals surface area contributed by atoms with Crippen LogP contribution in [0.2, 0.25) is 0 Å². The van der Waals surface area contributed by atoms with E-state index in [2.05, 4.69) is 46.2 Å². The van der Waals surface area contributed by atoms with E-state index in [1.165, 1.54) is 10.9 Å². The number of carbonyl (C=O) groups is 1. The van der Waals surface area contributed by atoms with Crippen LogP contribution in [-0.4, -0.2) is 58.9 Å². The molecule has 1 saturated heterocycles. The molecule has 1 atom stereocenters. The van der Waals surface area contributed by atoms with Crippen LogP contribution in [0.4, 0.5) is 0 Å². The van der Waals surface area contributed by atoms with Crippen LogP contribution in [0.25, 0.3) is 10.9 Å². The quantitative estimate of drug-likeness (QED) is 0.706. The van der Waals surface area contributed by atoms with Crippen molar-refractivity contribution in [3.8, 4) is 0 Å². The Morgan fingerprint density at radius 1 is 1.07 bits per heavy atom. The molecule has 0 bridgehead atoms. The largest absolute Gasteiger partial charge is 0.336 e. The second-order valence-electron chi connectivity index (χ2n) is 7.74. The van der Waals surface area contributed by atoms with Gasteiger partial charge in [-0.25, -0.2) is 4.98 Å². The van der Waals surface area contributed by atoms with Crippen LogP contribution in [0, 0.1) is 12.8 Å². The normalized spacial score (nSPS) is 18.2. The summed E-state index contributed by atoms with van der Waals surface area (Å²) in [6.07, 6.45) is 2.76. The summed E-state index contributed by atoms with van der Waals surface area (Å²) in [5, 5.41) is 1.17. The van der Waals surface area contributed by atoms with E-state index in [1.54, 1.807) is 0 Å². The van der Waals surface area contributed by atoms with Crippen molar-refractivity contribution in [3.05, 3.63) is 71.7 Å². The standard InChI is InChI=1S/C23H26N4O/c1-17-6-3-10-21(25-17)23(28)27-13-12-26(2)15-18(16-27)14-20-8-4-7-19-9-5-11-24-22(19)20/h3-11,18H,12-16H2,1-2H3. The Morgan fingerprint density at radius 3 is 2.75 bits per heavy atom. The molecule has 1 fully saturated rings. The molecule has 2 aromatic heterocycles. The molecule has 1 aliphatic heterocycles. The zero-order valence-electron chi connectivity index (χ0n) is 16.5. The van der Waals surface area contributed by atoms with Gasteiger partial charge in [0.25, 0.3) is 5.91 Å². The molecule has 28 heavy (non-hydrogen) atoms. The van der Waals surface area contributed by atoms with Crippen molar-refractivity contribution in [1.82, 2.24) is 19.8 Å². The Balaban J connectivity index is 1.57. The lowest BCUT2D eigenvalue weighted by atomic mass is 9.96. The Morgan fingerprint density at radius 2 is 1.89 bits per heavy atom. The average Bonchev–Trinajstić information content (AvgIpc) is 2.89. The number of aryl methyl sites for hydroxylation is 1. The summed E-state index contributed by atoms with van der Waals surface area (Å²) in [7, 11) is 2.13. The molecular weight excluding hydrogens is 348 g/mol. The highest BCUT2D eigenvalue weighted by molar-refractivity contribution is 5.92. The van der Waals surface area contributed by atoms with Crippen LogP contribution in [-0.2, 0) is 6.42 Å². The van der Waals surface area contributed by atoms with Gasteiger partial charge in [0, 0.05) is 43.5 Å². The molecule has 0 spiro atoms. The van der Waals surface area contributed by atoms with Gasteiger partial charge in [-0.05, 0) is 50.1 Å². The fraction of sp³-hybridized carbons (Fsp3) is 0.348. The van der Waals surface area contributed by atoms with Crippen LogP contribution in [0.5, 0.6) is 0 Å². The first-order chi connectivity index (χ1) is 13.6. The van der Waals surface area contributed by atoms with E-state index in [1.807, 2.05) is 42.3 Å². The zero-order chi connectivity index (χ0) is 19.5. The second-order valence-corrected chi connectivity index (χ2v) is 7.74. The highest BCUT2D eigenvalue weighted by atomic mass is 16.2. The minimum absolute atomic E-state index is 0.0278. The molecule has 1 amide bonds. The van der Waals surface area contributed by atoms with Gasteiger partial charge in [0.05, 0.1) is 5.52 Å². The topological polar surface area (TPSA) is 49.3 Å². The molecule has 1 aliphatic rings. The summed E-state index contributed by atoms with van der Waals surface area (Å²) in [6, 6.07) is 16.1. The number of likely N-dealkylation sites (N-methyl/N-ethyl adjacent to an activating group) is 1. The molecule has 3 aromatic rings. The summed E-state index contributed by atoms with van der Waals surface area (Å²) in [5.41, 5.74) is 3.72. The molecule has 0 N–H and O–H groups in total. The van der Waals surface area contributed by atoms with E-state index in [4.69, 9.17) is 0 Å². The predicted octanol–water partition coefficient (Wildman–Crippen LogP) is 3.18. The Bertz CT molecular complexity index is 982. The maximum absolute atomic E-state index is 13.1. The van der Waals surface area contributed by atoms with Gasteiger partial charge >= 0.3 is 0 Å². The van der Waals surface area contributed by atoms with Crippen molar-refractivity contribution < 1.29 is 4.79 Å². The highest BCUT2D eigenvalue weighted by Gasteiger charge is 2.26. The number of nitrogens with zero attached hydrogens (tertiary/aromatic N) is 4. The lowest BCUT2D eigenvalue weighted by Crippen LogP contribution is -2.37. The molecule has 5 nitrogen and oxygen atoms in total. The van der Waals surface area contributed by atoms with Crippen molar-refractivity contribution >= 4 is 16.8 Å². The molecule has 1 unspecified atom stereocenters. The van der Waals surface area contributed by atoms with Crippen LogP contribution in [0.15, 0.2) is 54.7 Å². The van der Waals surface area contributed by atoms with Crippen molar-refractivity contribution in [2.75, 3.05) is 33.2 Å². The minimum Gasteiger partial charge on any atom is -0.336 e. The number of pyridine rings is 2. The number of fused-ring (bicyclic) bond motifs is 1. The monoisotopic (exact) mass is 374 g/mol. The van der Waals surface area contributed by atoms with Crippen molar-refractivity contribution in [2.45, 2.75) is 13.3 Å². The highest BCUT2D eigenvalue weighted by Crippen LogP contribution is 2.22. The smallest absolute Gasteiger partial charge is 0.272 e. The first kappa shape index (κ1) is 18.6. The first-order valence-corrected chi connectivity index (χ1v) is 9.84. The van der Waals surface area contributed by atoms with Gasteiger partial charge in [-0.15, -0.1) is 0 Å². The average molecular weight is 374 g/mol. The van der Waals surface area contributed by atoms with Crippen molar-refractivity contribution in [2.24, 2.45) is 5.92 Å². The van der Waals surface area contributed by atoms with Crippen LogP contribution >= 0.6 is 0 Å². The fourth-order valence-electron chi connectivity index (χ4n) is 4.07. The molecule has 144 valence electrons. The Labute approximate surface area is 166 Å². The SMILES string of the molecule is Cc1cccc(C(=O)N2CCN(C)CC(Cc3cccc4cccnc34)C2)n1. The van der Waals surface area contributed by atoms with Crippen LogP contribution < -0.4 is 0 Å². The molecule has 3 heterocycles. The number of benzene rings is 1. The summed E-state index contributed by atoms with van der Waals surface area (Å²) in [4.78, 5) is 26.4. The summed E-state index contributed by atoms with van der Waals surface area (Å²) < 4.78 is 0. The lowest BCUT2D eigenvalue weighted by Gasteiger charge is -2.24. The number of rotatable bonds is 3. The fourth-order valence-corrected chi connectivity index (χ4v) is 4.07. The predicted molar refractivity (Wildman–Crippen MR) is 111 cm³/mol. The van der Waals surface area contributed by atoms with Gasteiger partial charge < -0.3 is 9.80 Å². The van der Waals surface area contributed by atoms with Gasteiger partial charge in [0.15, 0.2) is 0 Å². The van der Waals surface area contributed by atoms with Gasteiger partial charge in [0.2, 0.25) is 0 Å². The first-order valence-electron chi connectivity index (χ1n) is 9.84. The lowest BCUT2D eigenvalue weighted by molar-refractivity contribution is 0.0740. The molecular formula is C23H26N4O. The third-order valence-corrected chi connectivity index (χ3v) is 5.42. The van der Waals surface area contributed by atoms with E-state index in [-0.39, 0.29) is 5.91 Å². The van der Waals surface area contributed by atoms with E-state index in [0.717, 1.165) is 43.8 Å². The van der Waals surface area contributed by atoms with Crippen LogP contribution in [0.1, 0.15) is 21.7 Å². The number of carbonyl (C=O) groups excluding carboxylic acids is 1. The van der Waals surface area contributed by atoms with E-state index in [9.17, 15) is 4.79 Å². The van der Waals surface area contributed by atoms with E-state index >= 15 is 0 Å². The second kappa shape index (κ2) is 8.07. The number of hydrogen-bond acceptors (Lipinski definition) is 4. The summed E-state index contributed by atoms with van der Waals surface area (Å²) >= 11 is 0. The Kier molecular flexibility index (Phi) is 5.35.